The molecule has 4 nitrogen and oxygen atoms in total. The summed E-state index contributed by atoms with van der Waals surface area (Å²) in [6.45, 7) is 0. The standard InChI is InChI=1S/C51H31N3OS/c1-3-12-32(13-4-1)33-24-26-35(27-25-33)49-52-50(54-51(53-49)38-28-29-42-41-18-7-8-22-44(41)55-45(42)31-38)37-17-9-16-36(30-37)40-20-10-21-43-47-39(34-14-5-2-6-15-34)19-11-23-46(47)56-48(40)43/h1-31H. The van der Waals surface area contributed by atoms with Crippen molar-refractivity contribution in [2.45, 2.75) is 0 Å². The van der Waals surface area contributed by atoms with Crippen LogP contribution in [-0.2, 0) is 0 Å². The van der Waals surface area contributed by atoms with Crippen molar-refractivity contribution >= 4 is 53.4 Å². The maximum Gasteiger partial charge on any atom is 0.164 e. The first-order valence-electron chi connectivity index (χ1n) is 18.7. The Morgan fingerprint density at radius 2 is 0.875 bits per heavy atom. The summed E-state index contributed by atoms with van der Waals surface area (Å²) < 4.78 is 8.82. The molecule has 0 unspecified atom stereocenters. The molecule has 262 valence electrons. The molecular formula is C51H31N3OS. The number of rotatable bonds is 6. The van der Waals surface area contributed by atoms with E-state index in [1.54, 1.807) is 0 Å². The summed E-state index contributed by atoms with van der Waals surface area (Å²) in [5.74, 6) is 1.81. The van der Waals surface area contributed by atoms with Crippen LogP contribution < -0.4 is 0 Å². The van der Waals surface area contributed by atoms with E-state index in [0.717, 1.165) is 55.3 Å². The minimum Gasteiger partial charge on any atom is -0.456 e. The normalized spacial score (nSPS) is 11.6. The van der Waals surface area contributed by atoms with Gasteiger partial charge in [0.25, 0.3) is 0 Å². The fraction of sp³-hybridized carbons (Fsp3) is 0. The number of para-hydroxylation sites is 1. The van der Waals surface area contributed by atoms with Gasteiger partial charge in [-0.05, 0) is 63.7 Å². The highest BCUT2D eigenvalue weighted by atomic mass is 32.1. The Morgan fingerprint density at radius 1 is 0.339 bits per heavy atom. The van der Waals surface area contributed by atoms with Gasteiger partial charge < -0.3 is 4.42 Å². The largest absolute Gasteiger partial charge is 0.456 e. The summed E-state index contributed by atoms with van der Waals surface area (Å²) >= 11 is 1.84. The van der Waals surface area contributed by atoms with Crippen LogP contribution in [0, 0.1) is 0 Å². The molecule has 3 aromatic heterocycles. The van der Waals surface area contributed by atoms with Gasteiger partial charge in [-0.25, -0.2) is 15.0 Å². The molecule has 0 atom stereocenters. The van der Waals surface area contributed by atoms with E-state index in [2.05, 4.69) is 158 Å². The highest BCUT2D eigenvalue weighted by Crippen LogP contribution is 2.44. The molecule has 0 saturated carbocycles. The summed E-state index contributed by atoms with van der Waals surface area (Å²) in [5.41, 5.74) is 11.4. The maximum atomic E-state index is 6.28. The zero-order chi connectivity index (χ0) is 37.0. The second kappa shape index (κ2) is 13.3. The van der Waals surface area contributed by atoms with Crippen molar-refractivity contribution in [2.24, 2.45) is 0 Å². The Hall–Kier alpha value is -7.21. The molecular weight excluding hydrogens is 703 g/mol. The third kappa shape index (κ3) is 5.56. The van der Waals surface area contributed by atoms with E-state index < -0.39 is 0 Å². The van der Waals surface area contributed by atoms with Crippen LogP contribution in [0.4, 0.5) is 0 Å². The second-order valence-corrected chi connectivity index (χ2v) is 15.0. The van der Waals surface area contributed by atoms with Gasteiger partial charge in [-0.15, -0.1) is 11.3 Å². The monoisotopic (exact) mass is 733 g/mol. The van der Waals surface area contributed by atoms with E-state index in [1.807, 2.05) is 41.7 Å². The van der Waals surface area contributed by atoms with Crippen molar-refractivity contribution in [2.75, 3.05) is 0 Å². The second-order valence-electron chi connectivity index (χ2n) is 14.0. The molecule has 5 heteroatoms. The summed E-state index contributed by atoms with van der Waals surface area (Å²) in [5, 5.41) is 4.71. The molecule has 0 N–H and O–H groups in total. The number of hydrogen-bond acceptors (Lipinski definition) is 5. The molecule has 0 radical (unpaired) electrons. The summed E-state index contributed by atoms with van der Waals surface area (Å²) in [6.07, 6.45) is 0. The first kappa shape index (κ1) is 32.2. The lowest BCUT2D eigenvalue weighted by Crippen LogP contribution is -2.00. The van der Waals surface area contributed by atoms with Crippen LogP contribution in [0.3, 0.4) is 0 Å². The van der Waals surface area contributed by atoms with Crippen LogP contribution in [0.2, 0.25) is 0 Å². The topological polar surface area (TPSA) is 51.8 Å². The molecule has 11 rings (SSSR count). The van der Waals surface area contributed by atoms with Gasteiger partial charge in [-0.3, -0.25) is 0 Å². The van der Waals surface area contributed by atoms with Crippen LogP contribution in [0.15, 0.2) is 192 Å². The third-order valence-corrected chi connectivity index (χ3v) is 11.8. The first-order chi connectivity index (χ1) is 27.7. The highest BCUT2D eigenvalue weighted by Gasteiger charge is 2.18. The lowest BCUT2D eigenvalue weighted by atomic mass is 9.97. The quantitative estimate of drug-likeness (QED) is 0.171. The van der Waals surface area contributed by atoms with Gasteiger partial charge in [0.2, 0.25) is 0 Å². The molecule has 3 heterocycles. The van der Waals surface area contributed by atoms with Crippen LogP contribution in [-0.4, -0.2) is 15.0 Å². The molecule has 0 saturated heterocycles. The zero-order valence-electron chi connectivity index (χ0n) is 30.1. The molecule has 0 amide bonds. The molecule has 0 aliphatic rings. The van der Waals surface area contributed by atoms with Crippen molar-refractivity contribution < 1.29 is 4.42 Å². The zero-order valence-corrected chi connectivity index (χ0v) is 30.9. The predicted octanol–water partition coefficient (Wildman–Crippen LogP) is 14.1. The van der Waals surface area contributed by atoms with Crippen LogP contribution in [0.5, 0.6) is 0 Å². The van der Waals surface area contributed by atoms with Gasteiger partial charge in [0, 0.05) is 47.6 Å². The molecule has 0 fully saturated rings. The van der Waals surface area contributed by atoms with Crippen molar-refractivity contribution in [1.29, 1.82) is 0 Å². The Morgan fingerprint density at radius 3 is 1.68 bits per heavy atom. The molecule has 0 spiro atoms. The van der Waals surface area contributed by atoms with Crippen molar-refractivity contribution in [3.05, 3.63) is 188 Å². The fourth-order valence-electron chi connectivity index (χ4n) is 7.83. The van der Waals surface area contributed by atoms with Crippen molar-refractivity contribution in [1.82, 2.24) is 15.0 Å². The van der Waals surface area contributed by atoms with E-state index in [-0.39, 0.29) is 0 Å². The lowest BCUT2D eigenvalue weighted by molar-refractivity contribution is 0.669. The van der Waals surface area contributed by atoms with Crippen LogP contribution >= 0.6 is 11.3 Å². The Bertz CT molecular complexity index is 3240. The van der Waals surface area contributed by atoms with E-state index in [9.17, 15) is 0 Å². The van der Waals surface area contributed by atoms with Crippen LogP contribution in [0.1, 0.15) is 0 Å². The Labute approximate surface area is 327 Å². The Balaban J connectivity index is 1.05. The molecule has 0 aliphatic carbocycles. The predicted molar refractivity (Wildman–Crippen MR) is 233 cm³/mol. The van der Waals surface area contributed by atoms with Crippen molar-refractivity contribution in [3.63, 3.8) is 0 Å². The average molecular weight is 734 g/mol. The number of furan rings is 1. The SMILES string of the molecule is c1ccc(-c2ccc(-c3nc(-c4cccc(-c5cccc6c5sc5cccc(-c7ccccc7)c56)c4)nc(-c4ccc5c(c4)oc4ccccc45)n3)cc2)cc1. The van der Waals surface area contributed by atoms with Crippen LogP contribution in [0.25, 0.3) is 110 Å². The van der Waals surface area contributed by atoms with E-state index in [1.165, 1.54) is 36.9 Å². The fourth-order valence-corrected chi connectivity index (χ4v) is 9.09. The highest BCUT2D eigenvalue weighted by molar-refractivity contribution is 7.26. The van der Waals surface area contributed by atoms with Crippen molar-refractivity contribution in [3.8, 4) is 67.5 Å². The van der Waals surface area contributed by atoms with Gasteiger partial charge in [0.05, 0.1) is 0 Å². The molecule has 8 aromatic carbocycles. The smallest absolute Gasteiger partial charge is 0.164 e. The molecule has 0 bridgehead atoms. The third-order valence-electron chi connectivity index (χ3n) is 10.6. The number of benzene rings is 8. The van der Waals surface area contributed by atoms with Gasteiger partial charge in [-0.2, -0.15) is 0 Å². The molecule has 56 heavy (non-hydrogen) atoms. The minimum atomic E-state index is 0.588. The van der Waals surface area contributed by atoms with E-state index in [4.69, 9.17) is 19.4 Å². The average Bonchev–Trinajstić information content (AvgIpc) is 3.85. The summed E-state index contributed by atoms with van der Waals surface area (Å²) in [7, 11) is 0. The van der Waals surface area contributed by atoms with Gasteiger partial charge in [0.15, 0.2) is 17.5 Å². The van der Waals surface area contributed by atoms with Gasteiger partial charge in [0.1, 0.15) is 11.2 Å². The number of fused-ring (bicyclic) bond motifs is 6. The molecule has 11 aromatic rings. The first-order valence-corrected chi connectivity index (χ1v) is 19.5. The van der Waals surface area contributed by atoms with E-state index >= 15 is 0 Å². The maximum absolute atomic E-state index is 6.28. The lowest BCUT2D eigenvalue weighted by Gasteiger charge is -2.11. The van der Waals surface area contributed by atoms with E-state index in [0.29, 0.717) is 17.5 Å². The minimum absolute atomic E-state index is 0.588. The summed E-state index contributed by atoms with van der Waals surface area (Å²) in [6, 6.07) is 65.7. The molecule has 0 aliphatic heterocycles. The number of aromatic nitrogens is 3. The van der Waals surface area contributed by atoms with Gasteiger partial charge in [-0.1, -0.05) is 158 Å². The number of nitrogens with zero attached hydrogens (tertiary/aromatic N) is 3. The summed E-state index contributed by atoms with van der Waals surface area (Å²) in [4.78, 5) is 15.4. The Kier molecular flexibility index (Phi) is 7.64. The number of thiophene rings is 1. The number of hydrogen-bond donors (Lipinski definition) is 0. The van der Waals surface area contributed by atoms with Gasteiger partial charge >= 0.3 is 0 Å².